The minimum Gasteiger partial charge on any atom is -0.388 e. The summed E-state index contributed by atoms with van der Waals surface area (Å²) in [6.07, 6.45) is 6.66. The standard InChI is InChI=1S/C19H18Cl2N6O2/c1-26-9-13(7-22-26)15-8-23-27(10-16(15)21)11-19-24-18(25-29-19)6-17(28)12-2-4-14(20)5-3-12/h2-5,7-10,17,23,28H,6,11H2,1H3/t17-/m0/s1. The van der Waals surface area contributed by atoms with E-state index < -0.39 is 6.10 Å². The number of benzene rings is 1. The van der Waals surface area contributed by atoms with Crippen molar-refractivity contribution in [1.82, 2.24) is 30.4 Å². The topological polar surface area (TPSA) is 92.2 Å². The molecule has 10 heteroatoms. The molecule has 2 aromatic heterocycles. The van der Waals surface area contributed by atoms with E-state index in [0.717, 1.165) is 16.7 Å². The van der Waals surface area contributed by atoms with Crippen molar-refractivity contribution in [3.63, 3.8) is 0 Å². The zero-order chi connectivity index (χ0) is 20.4. The molecule has 150 valence electrons. The Bertz CT molecular complexity index is 1060. The van der Waals surface area contributed by atoms with Crippen LogP contribution in [0.5, 0.6) is 0 Å². The fraction of sp³-hybridized carbons (Fsp3) is 0.211. The first-order valence-corrected chi connectivity index (χ1v) is 9.58. The number of aryl methyl sites for hydroxylation is 1. The van der Waals surface area contributed by atoms with Crippen molar-refractivity contribution < 1.29 is 9.63 Å². The van der Waals surface area contributed by atoms with Gasteiger partial charge in [-0.25, -0.2) is 0 Å². The van der Waals surface area contributed by atoms with Gasteiger partial charge in [0, 0.05) is 48.2 Å². The molecule has 0 radical (unpaired) electrons. The van der Waals surface area contributed by atoms with Gasteiger partial charge in [0.25, 0.3) is 0 Å². The van der Waals surface area contributed by atoms with E-state index in [9.17, 15) is 5.11 Å². The highest BCUT2D eigenvalue weighted by Gasteiger charge is 2.18. The van der Waals surface area contributed by atoms with Crippen LogP contribution in [0.25, 0.3) is 5.57 Å². The molecule has 3 heterocycles. The largest absolute Gasteiger partial charge is 0.388 e. The van der Waals surface area contributed by atoms with Crippen LogP contribution in [0.2, 0.25) is 5.02 Å². The van der Waals surface area contributed by atoms with Gasteiger partial charge in [0.2, 0.25) is 5.89 Å². The average Bonchev–Trinajstić information content (AvgIpc) is 3.31. The number of rotatable bonds is 6. The summed E-state index contributed by atoms with van der Waals surface area (Å²) in [5, 5.41) is 21.3. The Labute approximate surface area is 177 Å². The summed E-state index contributed by atoms with van der Waals surface area (Å²) in [5.41, 5.74) is 5.61. The molecule has 2 N–H and O–H groups in total. The average molecular weight is 433 g/mol. The molecule has 8 nitrogen and oxygen atoms in total. The van der Waals surface area contributed by atoms with Crippen molar-refractivity contribution in [3.05, 3.63) is 82.0 Å². The number of halogens is 2. The van der Waals surface area contributed by atoms with E-state index in [4.69, 9.17) is 27.7 Å². The van der Waals surface area contributed by atoms with Gasteiger partial charge in [0.05, 0.1) is 17.3 Å². The lowest BCUT2D eigenvalue weighted by Gasteiger charge is -2.24. The van der Waals surface area contributed by atoms with Crippen LogP contribution in [0.1, 0.15) is 28.9 Å². The quantitative estimate of drug-likeness (QED) is 0.617. The minimum atomic E-state index is -0.745. The second-order valence-corrected chi connectivity index (χ2v) is 7.41. The summed E-state index contributed by atoms with van der Waals surface area (Å²) >= 11 is 12.3. The van der Waals surface area contributed by atoms with E-state index in [-0.39, 0.29) is 6.42 Å². The molecular formula is C19H18Cl2N6O2. The molecule has 0 amide bonds. The molecule has 1 aromatic carbocycles. The van der Waals surface area contributed by atoms with Crippen LogP contribution in [-0.2, 0) is 20.0 Å². The number of hydrazine groups is 1. The van der Waals surface area contributed by atoms with Crippen LogP contribution < -0.4 is 5.43 Å². The van der Waals surface area contributed by atoms with Crippen LogP contribution in [0.3, 0.4) is 0 Å². The molecule has 3 aromatic rings. The molecule has 0 saturated carbocycles. The fourth-order valence-electron chi connectivity index (χ4n) is 2.89. The summed E-state index contributed by atoms with van der Waals surface area (Å²) in [6.45, 7) is 0.317. The smallest absolute Gasteiger partial charge is 0.248 e. The zero-order valence-electron chi connectivity index (χ0n) is 15.5. The van der Waals surface area contributed by atoms with E-state index in [0.29, 0.717) is 28.3 Å². The highest BCUT2D eigenvalue weighted by atomic mass is 35.5. The monoisotopic (exact) mass is 432 g/mol. The SMILES string of the molecule is Cn1cc(C2=CNN(Cc3nc(C[C@H](O)c4ccc(Cl)cc4)no3)C=C2Cl)cn1. The Kier molecular flexibility index (Phi) is 5.57. The Morgan fingerprint density at radius 2 is 2.03 bits per heavy atom. The maximum Gasteiger partial charge on any atom is 0.248 e. The third-order valence-corrected chi connectivity index (χ3v) is 4.92. The van der Waals surface area contributed by atoms with Crippen LogP contribution in [-0.4, -0.2) is 30.0 Å². The molecule has 0 unspecified atom stereocenters. The van der Waals surface area contributed by atoms with Crippen molar-refractivity contribution in [2.45, 2.75) is 19.1 Å². The van der Waals surface area contributed by atoms with Gasteiger partial charge < -0.3 is 15.1 Å². The van der Waals surface area contributed by atoms with Gasteiger partial charge in [-0.2, -0.15) is 10.1 Å². The Morgan fingerprint density at radius 3 is 2.72 bits per heavy atom. The van der Waals surface area contributed by atoms with Gasteiger partial charge in [-0.15, -0.1) is 0 Å². The van der Waals surface area contributed by atoms with Gasteiger partial charge in [-0.05, 0) is 17.7 Å². The maximum atomic E-state index is 10.3. The molecule has 1 atom stereocenters. The number of aromatic nitrogens is 4. The zero-order valence-corrected chi connectivity index (χ0v) is 17.0. The lowest BCUT2D eigenvalue weighted by Crippen LogP contribution is -2.31. The number of aliphatic hydroxyl groups excluding tert-OH is 1. The first-order chi connectivity index (χ1) is 14.0. The predicted octanol–water partition coefficient (Wildman–Crippen LogP) is 3.17. The fourth-order valence-corrected chi connectivity index (χ4v) is 3.30. The van der Waals surface area contributed by atoms with Crippen molar-refractivity contribution in [1.29, 1.82) is 0 Å². The van der Waals surface area contributed by atoms with Crippen molar-refractivity contribution >= 4 is 28.8 Å². The molecule has 1 aliphatic heterocycles. The highest BCUT2D eigenvalue weighted by Crippen LogP contribution is 2.28. The molecule has 0 aliphatic carbocycles. The van der Waals surface area contributed by atoms with Gasteiger partial charge in [-0.3, -0.25) is 9.69 Å². The highest BCUT2D eigenvalue weighted by molar-refractivity contribution is 6.37. The maximum absolute atomic E-state index is 10.3. The van der Waals surface area contributed by atoms with Gasteiger partial charge in [0.15, 0.2) is 5.82 Å². The molecule has 1 aliphatic rings. The summed E-state index contributed by atoms with van der Waals surface area (Å²) < 4.78 is 7.01. The second kappa shape index (κ2) is 8.28. The number of hydrogen-bond donors (Lipinski definition) is 2. The van der Waals surface area contributed by atoms with Crippen LogP contribution >= 0.6 is 23.2 Å². The lowest BCUT2D eigenvalue weighted by atomic mass is 10.1. The molecule has 4 rings (SSSR count). The first-order valence-electron chi connectivity index (χ1n) is 8.82. The van der Waals surface area contributed by atoms with Crippen molar-refractivity contribution in [3.8, 4) is 0 Å². The number of hydrogen-bond acceptors (Lipinski definition) is 7. The van der Waals surface area contributed by atoms with Crippen molar-refractivity contribution in [2.24, 2.45) is 7.05 Å². The van der Waals surface area contributed by atoms with Gasteiger partial charge >= 0.3 is 0 Å². The molecule has 0 saturated heterocycles. The lowest BCUT2D eigenvalue weighted by molar-refractivity contribution is 0.174. The first kappa shape index (κ1) is 19.5. The Morgan fingerprint density at radius 1 is 1.24 bits per heavy atom. The number of nitrogens with one attached hydrogen (secondary N) is 1. The minimum absolute atomic E-state index is 0.236. The molecule has 29 heavy (non-hydrogen) atoms. The Balaban J connectivity index is 1.37. The van der Waals surface area contributed by atoms with Gasteiger partial charge in [0.1, 0.15) is 6.54 Å². The van der Waals surface area contributed by atoms with E-state index in [1.807, 2.05) is 13.2 Å². The normalized spacial score (nSPS) is 15.0. The second-order valence-electron chi connectivity index (χ2n) is 6.57. The van der Waals surface area contributed by atoms with E-state index in [1.54, 1.807) is 52.6 Å². The van der Waals surface area contributed by atoms with Crippen LogP contribution in [0, 0.1) is 0 Å². The molecule has 0 spiro atoms. The summed E-state index contributed by atoms with van der Waals surface area (Å²) in [5.74, 6) is 0.816. The summed E-state index contributed by atoms with van der Waals surface area (Å²) in [7, 11) is 1.85. The molecule has 0 fully saturated rings. The third kappa shape index (κ3) is 4.61. The molecule has 0 bridgehead atoms. The van der Waals surface area contributed by atoms with E-state index in [1.165, 1.54) is 0 Å². The summed E-state index contributed by atoms with van der Waals surface area (Å²) in [4.78, 5) is 4.34. The third-order valence-electron chi connectivity index (χ3n) is 4.36. The van der Waals surface area contributed by atoms with E-state index >= 15 is 0 Å². The Hall–Kier alpha value is -2.81. The van der Waals surface area contributed by atoms with Gasteiger partial charge in [-0.1, -0.05) is 40.5 Å². The number of nitrogens with zero attached hydrogens (tertiary/aromatic N) is 5. The predicted molar refractivity (Wildman–Crippen MR) is 108 cm³/mol. The number of aliphatic hydroxyl groups is 1. The molecular weight excluding hydrogens is 415 g/mol. The van der Waals surface area contributed by atoms with Crippen LogP contribution in [0.15, 0.2) is 58.6 Å². The van der Waals surface area contributed by atoms with E-state index in [2.05, 4.69) is 20.7 Å². The van der Waals surface area contributed by atoms with Crippen LogP contribution in [0.4, 0.5) is 0 Å². The number of allylic oxidation sites excluding steroid dienone is 2. The van der Waals surface area contributed by atoms with Crippen molar-refractivity contribution in [2.75, 3.05) is 0 Å². The summed E-state index contributed by atoms with van der Waals surface area (Å²) in [6, 6.07) is 7.00.